The molecular weight excluding hydrogens is 476 g/mol. The number of ether oxygens (including phenoxy) is 2. The van der Waals surface area contributed by atoms with Gasteiger partial charge in [0.05, 0.1) is 35.7 Å². The third kappa shape index (κ3) is 5.21. The summed E-state index contributed by atoms with van der Waals surface area (Å²) >= 11 is 0. The molecule has 6 heteroatoms. The smallest absolute Gasteiger partial charge is 0.236 e. The quantitative estimate of drug-likeness (QED) is 0.141. The molecule has 0 saturated carbocycles. The first kappa shape index (κ1) is 25.3. The van der Waals surface area contributed by atoms with Crippen molar-refractivity contribution in [2.45, 2.75) is 39.5 Å². The minimum atomic E-state index is -0.474. The second-order valence-corrected chi connectivity index (χ2v) is 9.43. The topological polar surface area (TPSA) is 84.2 Å². The maximum absolute atomic E-state index is 12.6. The van der Waals surface area contributed by atoms with Gasteiger partial charge in [0, 0.05) is 11.4 Å². The Morgan fingerprint density at radius 2 is 0.895 bits per heavy atom. The number of nitrogens with one attached hydrogen (secondary N) is 2. The summed E-state index contributed by atoms with van der Waals surface area (Å²) in [6, 6.07) is 23.3. The first-order valence-corrected chi connectivity index (χ1v) is 13.3. The highest BCUT2D eigenvalue weighted by atomic mass is 16.5. The lowest BCUT2D eigenvalue weighted by atomic mass is 9.96. The Hall–Kier alpha value is -4.32. The summed E-state index contributed by atoms with van der Waals surface area (Å²) in [7, 11) is 0. The Kier molecular flexibility index (Phi) is 7.59. The zero-order valence-electron chi connectivity index (χ0n) is 21.8. The summed E-state index contributed by atoms with van der Waals surface area (Å²) in [6.07, 6.45) is 4.23. The van der Waals surface area contributed by atoms with Gasteiger partial charge in [-0.3, -0.25) is 9.59 Å². The standard InChI is InChI=1S/C32H32N2O4/c1-3-5-19-37-23-11-7-21(8-12-23)25-15-17-27(33-25)29-30(32(36)31(29)35)28-18-16-26(34-28)22-9-13-24(14-10-22)38-20-6-4-2/h7-18,33-34H,3-6,19-20H2,1-2H3. The van der Waals surface area contributed by atoms with E-state index >= 15 is 0 Å². The van der Waals surface area contributed by atoms with Gasteiger partial charge >= 0.3 is 0 Å². The minimum absolute atomic E-state index is 0.411. The van der Waals surface area contributed by atoms with Crippen LogP contribution >= 0.6 is 0 Å². The van der Waals surface area contributed by atoms with Gasteiger partial charge in [0.1, 0.15) is 11.5 Å². The molecule has 6 nitrogen and oxygen atoms in total. The van der Waals surface area contributed by atoms with Gasteiger partial charge in [-0.25, -0.2) is 0 Å². The van der Waals surface area contributed by atoms with Crippen molar-refractivity contribution < 1.29 is 9.47 Å². The molecule has 0 unspecified atom stereocenters. The molecule has 0 fully saturated rings. The van der Waals surface area contributed by atoms with Crippen molar-refractivity contribution in [1.29, 1.82) is 0 Å². The van der Waals surface area contributed by atoms with Crippen molar-refractivity contribution in [3.8, 4) is 56.5 Å². The lowest BCUT2D eigenvalue weighted by Crippen LogP contribution is -2.35. The van der Waals surface area contributed by atoms with Crippen molar-refractivity contribution >= 4 is 0 Å². The van der Waals surface area contributed by atoms with E-state index in [4.69, 9.17) is 9.47 Å². The van der Waals surface area contributed by atoms with E-state index in [1.807, 2.05) is 72.8 Å². The highest BCUT2D eigenvalue weighted by molar-refractivity contribution is 5.86. The molecule has 0 aliphatic carbocycles. The molecule has 3 aromatic carbocycles. The molecule has 0 bridgehead atoms. The second-order valence-electron chi connectivity index (χ2n) is 9.43. The van der Waals surface area contributed by atoms with Gasteiger partial charge in [0.15, 0.2) is 0 Å². The number of aromatic amines is 2. The van der Waals surface area contributed by atoms with Crippen LogP contribution in [0, 0.1) is 0 Å². The van der Waals surface area contributed by atoms with Crippen molar-refractivity contribution in [2.24, 2.45) is 0 Å². The van der Waals surface area contributed by atoms with Gasteiger partial charge in [-0.15, -0.1) is 0 Å². The Bertz CT molecular complexity index is 1450. The fourth-order valence-corrected chi connectivity index (χ4v) is 4.45. The second kappa shape index (κ2) is 11.4. The molecule has 2 heterocycles. The van der Waals surface area contributed by atoms with Crippen LogP contribution in [0.1, 0.15) is 39.5 Å². The molecule has 0 atom stereocenters. The maximum atomic E-state index is 12.6. The van der Waals surface area contributed by atoms with E-state index in [0.717, 1.165) is 59.7 Å². The first-order valence-electron chi connectivity index (χ1n) is 13.3. The van der Waals surface area contributed by atoms with Gasteiger partial charge < -0.3 is 19.4 Å². The van der Waals surface area contributed by atoms with Crippen LogP contribution in [-0.2, 0) is 0 Å². The van der Waals surface area contributed by atoms with E-state index in [1.54, 1.807) is 0 Å². The van der Waals surface area contributed by atoms with Gasteiger partial charge in [-0.1, -0.05) is 26.7 Å². The number of benzene rings is 2. The molecule has 0 aliphatic heterocycles. The Morgan fingerprint density at radius 3 is 1.26 bits per heavy atom. The molecule has 0 amide bonds. The van der Waals surface area contributed by atoms with Crippen LogP contribution in [0.15, 0.2) is 82.4 Å². The number of unbranched alkanes of at least 4 members (excludes halogenated alkanes) is 2. The normalized spacial score (nSPS) is 11.2. The first-order chi connectivity index (χ1) is 18.6. The summed E-state index contributed by atoms with van der Waals surface area (Å²) in [5.41, 5.74) is 4.82. The highest BCUT2D eigenvalue weighted by Crippen LogP contribution is 2.32. The monoisotopic (exact) mass is 508 g/mol. The van der Waals surface area contributed by atoms with E-state index in [0.29, 0.717) is 35.7 Å². The van der Waals surface area contributed by atoms with Gasteiger partial charge in [0.2, 0.25) is 10.9 Å². The molecule has 0 saturated heterocycles. The summed E-state index contributed by atoms with van der Waals surface area (Å²) in [6.45, 7) is 5.67. The van der Waals surface area contributed by atoms with Crippen LogP contribution in [0.3, 0.4) is 0 Å². The Labute approximate surface area is 222 Å². The SMILES string of the molecule is CCCCOc1ccc(-c2ccc(-c3c(-c4ccc(-c5ccc(OCCCC)cc5)[nH]4)c(=O)c3=O)[nH]2)cc1. The molecular formula is C32H32N2O4. The van der Waals surface area contributed by atoms with Crippen LogP contribution in [0.25, 0.3) is 45.0 Å². The van der Waals surface area contributed by atoms with Crippen LogP contribution in [-0.4, -0.2) is 23.2 Å². The summed E-state index contributed by atoms with van der Waals surface area (Å²) in [4.78, 5) is 31.9. The van der Waals surface area contributed by atoms with E-state index in [9.17, 15) is 9.59 Å². The molecule has 38 heavy (non-hydrogen) atoms. The van der Waals surface area contributed by atoms with Gasteiger partial charge in [-0.2, -0.15) is 0 Å². The molecule has 5 aromatic rings. The van der Waals surface area contributed by atoms with Crippen LogP contribution in [0.5, 0.6) is 11.5 Å². The fourth-order valence-electron chi connectivity index (χ4n) is 4.45. The number of aromatic nitrogens is 2. The molecule has 194 valence electrons. The minimum Gasteiger partial charge on any atom is -0.494 e. The lowest BCUT2D eigenvalue weighted by Gasteiger charge is -2.09. The third-order valence-electron chi connectivity index (χ3n) is 6.68. The molecule has 0 aliphatic rings. The van der Waals surface area contributed by atoms with E-state index in [2.05, 4.69) is 23.8 Å². The predicted octanol–water partition coefficient (Wildman–Crippen LogP) is 6.96. The number of H-pyrrole nitrogens is 2. The van der Waals surface area contributed by atoms with Crippen molar-refractivity contribution in [2.75, 3.05) is 13.2 Å². The predicted molar refractivity (Wildman–Crippen MR) is 153 cm³/mol. The zero-order valence-corrected chi connectivity index (χ0v) is 21.8. The number of rotatable bonds is 12. The van der Waals surface area contributed by atoms with E-state index in [-0.39, 0.29) is 0 Å². The largest absolute Gasteiger partial charge is 0.494 e. The number of hydrogen-bond acceptors (Lipinski definition) is 4. The summed E-state index contributed by atoms with van der Waals surface area (Å²) < 4.78 is 11.5. The Morgan fingerprint density at radius 1 is 0.526 bits per heavy atom. The molecule has 5 rings (SSSR count). The summed E-state index contributed by atoms with van der Waals surface area (Å²) in [5, 5.41) is 0. The van der Waals surface area contributed by atoms with Crippen molar-refractivity contribution in [3.63, 3.8) is 0 Å². The van der Waals surface area contributed by atoms with Crippen LogP contribution in [0.4, 0.5) is 0 Å². The fraction of sp³-hybridized carbons (Fsp3) is 0.250. The van der Waals surface area contributed by atoms with Gasteiger partial charge in [-0.05, 0) is 96.8 Å². The highest BCUT2D eigenvalue weighted by Gasteiger charge is 2.25. The number of hydrogen-bond donors (Lipinski definition) is 2. The van der Waals surface area contributed by atoms with Crippen LogP contribution in [0.2, 0.25) is 0 Å². The van der Waals surface area contributed by atoms with Crippen molar-refractivity contribution in [1.82, 2.24) is 9.97 Å². The van der Waals surface area contributed by atoms with Crippen molar-refractivity contribution in [3.05, 3.63) is 93.2 Å². The molecule has 0 spiro atoms. The lowest BCUT2D eigenvalue weighted by molar-refractivity contribution is 0.309. The molecule has 2 N–H and O–H groups in total. The third-order valence-corrected chi connectivity index (χ3v) is 6.68. The zero-order chi connectivity index (χ0) is 26.5. The molecule has 0 radical (unpaired) electrons. The molecule has 2 aromatic heterocycles. The average Bonchev–Trinajstić information content (AvgIpc) is 3.62. The maximum Gasteiger partial charge on any atom is 0.236 e. The van der Waals surface area contributed by atoms with Gasteiger partial charge in [0.25, 0.3) is 0 Å². The van der Waals surface area contributed by atoms with E-state index < -0.39 is 10.9 Å². The van der Waals surface area contributed by atoms with Crippen LogP contribution < -0.4 is 20.3 Å². The summed E-state index contributed by atoms with van der Waals surface area (Å²) in [5.74, 6) is 1.67. The van der Waals surface area contributed by atoms with E-state index in [1.165, 1.54) is 0 Å². The Balaban J connectivity index is 1.34. The average molecular weight is 509 g/mol.